The maximum absolute atomic E-state index is 12.6. The molecule has 0 aromatic carbocycles. The van der Waals surface area contributed by atoms with Crippen molar-refractivity contribution in [2.75, 3.05) is 13.1 Å². The number of hydrogen-bond donors (Lipinski definition) is 2. The molecule has 0 aliphatic carbocycles. The topological polar surface area (TPSA) is 105 Å². The van der Waals surface area contributed by atoms with Crippen molar-refractivity contribution >= 4 is 15.9 Å². The Labute approximate surface area is 114 Å². The second kappa shape index (κ2) is 5.70. The highest BCUT2D eigenvalue weighted by Gasteiger charge is 2.30. The molecule has 108 valence electrons. The van der Waals surface area contributed by atoms with Crippen LogP contribution in [0.4, 0.5) is 0 Å². The Bertz CT molecular complexity index is 576. The number of aromatic nitrogens is 2. The minimum absolute atomic E-state index is 0.0933. The predicted molar refractivity (Wildman–Crippen MR) is 73.6 cm³/mol. The maximum Gasteiger partial charge on any atom is 0.247 e. The number of hydrogen-bond acceptors (Lipinski definition) is 4. The Kier molecular flexibility index (Phi) is 4.70. The number of amidine groups is 1. The summed E-state index contributed by atoms with van der Waals surface area (Å²) < 4.78 is 28.0. The zero-order chi connectivity index (χ0) is 14.8. The lowest BCUT2D eigenvalue weighted by Gasteiger charge is -2.21. The molecule has 0 saturated heterocycles. The Morgan fingerprint density at radius 3 is 2.42 bits per heavy atom. The van der Waals surface area contributed by atoms with Gasteiger partial charge in [-0.3, -0.25) is 10.1 Å². The van der Waals surface area contributed by atoms with Crippen molar-refractivity contribution in [2.24, 2.45) is 12.8 Å². The third-order valence-corrected chi connectivity index (χ3v) is 4.96. The number of aryl methyl sites for hydroxylation is 2. The highest BCUT2D eigenvalue weighted by molar-refractivity contribution is 7.89. The Morgan fingerprint density at radius 2 is 2.05 bits per heavy atom. The summed E-state index contributed by atoms with van der Waals surface area (Å²) in [7, 11) is -1.96. The monoisotopic (exact) mass is 287 g/mol. The molecule has 0 unspecified atom stereocenters. The van der Waals surface area contributed by atoms with E-state index in [1.54, 1.807) is 25.6 Å². The van der Waals surface area contributed by atoms with Crippen LogP contribution < -0.4 is 5.73 Å². The number of nitrogens with two attached hydrogens (primary N) is 1. The maximum atomic E-state index is 12.6. The molecule has 1 aromatic heterocycles. The van der Waals surface area contributed by atoms with Crippen molar-refractivity contribution in [3.8, 4) is 0 Å². The summed E-state index contributed by atoms with van der Waals surface area (Å²) in [6.45, 7) is 5.49. The highest BCUT2D eigenvalue weighted by Crippen LogP contribution is 2.22. The molecular weight excluding hydrogens is 266 g/mol. The van der Waals surface area contributed by atoms with Gasteiger partial charge in [0.2, 0.25) is 10.0 Å². The third kappa shape index (κ3) is 3.13. The Balaban J connectivity index is 3.30. The van der Waals surface area contributed by atoms with Crippen molar-refractivity contribution in [1.82, 2.24) is 14.1 Å². The molecule has 0 amide bonds. The van der Waals surface area contributed by atoms with E-state index in [0.717, 1.165) is 0 Å². The van der Waals surface area contributed by atoms with E-state index in [2.05, 4.69) is 5.10 Å². The number of sulfonamides is 1. The van der Waals surface area contributed by atoms with Crippen LogP contribution in [0.1, 0.15) is 24.7 Å². The standard InChI is InChI=1S/C11H21N5O2S/c1-5-6-16(7-10(12)13)19(17,18)11-8(2)14-15(4)9(11)3/h5-7H2,1-4H3,(H3,12,13). The van der Waals surface area contributed by atoms with E-state index in [-0.39, 0.29) is 17.3 Å². The van der Waals surface area contributed by atoms with E-state index in [1.807, 2.05) is 6.92 Å². The molecule has 0 aliphatic heterocycles. The average molecular weight is 287 g/mol. The van der Waals surface area contributed by atoms with Crippen molar-refractivity contribution in [3.63, 3.8) is 0 Å². The molecule has 1 rings (SSSR count). The molecule has 1 heterocycles. The average Bonchev–Trinajstić information content (AvgIpc) is 2.52. The van der Waals surface area contributed by atoms with Gasteiger partial charge in [0.05, 0.1) is 17.9 Å². The van der Waals surface area contributed by atoms with Gasteiger partial charge in [-0.25, -0.2) is 8.42 Å². The Hall–Kier alpha value is -1.41. The molecule has 3 N–H and O–H groups in total. The third-order valence-electron chi connectivity index (χ3n) is 2.86. The quantitative estimate of drug-likeness (QED) is 0.582. The molecule has 0 spiro atoms. The van der Waals surface area contributed by atoms with Crippen LogP contribution in [0.25, 0.3) is 0 Å². The Morgan fingerprint density at radius 1 is 1.47 bits per heavy atom. The van der Waals surface area contributed by atoms with Crippen LogP contribution in [0, 0.1) is 19.3 Å². The first kappa shape index (κ1) is 15.6. The summed E-state index contributed by atoms with van der Waals surface area (Å²) in [6.07, 6.45) is 0.658. The van der Waals surface area contributed by atoms with E-state index in [0.29, 0.717) is 24.4 Å². The van der Waals surface area contributed by atoms with Crippen LogP contribution in [0.2, 0.25) is 0 Å². The van der Waals surface area contributed by atoms with Gasteiger partial charge in [0.1, 0.15) is 10.7 Å². The van der Waals surface area contributed by atoms with Crippen molar-refractivity contribution in [3.05, 3.63) is 11.4 Å². The van der Waals surface area contributed by atoms with Gasteiger partial charge in [-0.05, 0) is 20.3 Å². The smallest absolute Gasteiger partial charge is 0.247 e. The van der Waals surface area contributed by atoms with E-state index >= 15 is 0 Å². The zero-order valence-corrected chi connectivity index (χ0v) is 12.6. The minimum atomic E-state index is -3.67. The normalized spacial score (nSPS) is 12.1. The molecule has 0 fully saturated rings. The molecule has 19 heavy (non-hydrogen) atoms. The van der Waals surface area contributed by atoms with Crippen LogP contribution in [0.15, 0.2) is 4.90 Å². The molecule has 0 atom stereocenters. The molecule has 0 bridgehead atoms. The minimum Gasteiger partial charge on any atom is -0.387 e. The van der Waals surface area contributed by atoms with Gasteiger partial charge < -0.3 is 5.73 Å². The second-order valence-electron chi connectivity index (χ2n) is 4.49. The molecule has 7 nitrogen and oxygen atoms in total. The van der Waals surface area contributed by atoms with Crippen molar-refractivity contribution < 1.29 is 8.42 Å². The molecule has 0 saturated carbocycles. The predicted octanol–water partition coefficient (Wildman–Crippen LogP) is 0.374. The zero-order valence-electron chi connectivity index (χ0n) is 11.8. The van der Waals surface area contributed by atoms with Gasteiger partial charge >= 0.3 is 0 Å². The summed E-state index contributed by atoms with van der Waals surface area (Å²) in [4.78, 5) is 0.213. The lowest BCUT2D eigenvalue weighted by atomic mass is 10.4. The van der Waals surface area contributed by atoms with Crippen LogP contribution >= 0.6 is 0 Å². The summed E-state index contributed by atoms with van der Waals surface area (Å²) in [5.41, 5.74) is 6.38. The molecular formula is C11H21N5O2S. The fourth-order valence-corrected chi connectivity index (χ4v) is 3.89. The summed E-state index contributed by atoms with van der Waals surface area (Å²) in [5, 5.41) is 11.4. The number of nitrogens with zero attached hydrogens (tertiary/aromatic N) is 3. The molecule has 0 aliphatic rings. The summed E-state index contributed by atoms with van der Waals surface area (Å²) in [5.74, 6) is -0.170. The highest BCUT2D eigenvalue weighted by atomic mass is 32.2. The van der Waals surface area contributed by atoms with E-state index < -0.39 is 10.0 Å². The summed E-state index contributed by atoms with van der Waals surface area (Å²) >= 11 is 0. The van der Waals surface area contributed by atoms with E-state index in [9.17, 15) is 8.42 Å². The fraction of sp³-hybridized carbons (Fsp3) is 0.636. The second-order valence-corrected chi connectivity index (χ2v) is 6.36. The van der Waals surface area contributed by atoms with Gasteiger partial charge in [0, 0.05) is 13.6 Å². The van der Waals surface area contributed by atoms with E-state index in [4.69, 9.17) is 11.1 Å². The molecule has 1 aromatic rings. The van der Waals surface area contributed by atoms with Gasteiger partial charge in [-0.2, -0.15) is 9.40 Å². The number of rotatable bonds is 6. The van der Waals surface area contributed by atoms with Crippen LogP contribution in [0.5, 0.6) is 0 Å². The van der Waals surface area contributed by atoms with Crippen LogP contribution in [0.3, 0.4) is 0 Å². The van der Waals surface area contributed by atoms with Crippen LogP contribution in [-0.2, 0) is 17.1 Å². The van der Waals surface area contributed by atoms with Crippen LogP contribution in [-0.4, -0.2) is 41.4 Å². The van der Waals surface area contributed by atoms with Gasteiger partial charge in [-0.15, -0.1) is 0 Å². The SMILES string of the molecule is CCCN(CC(=N)N)S(=O)(=O)c1c(C)nn(C)c1C. The first-order valence-electron chi connectivity index (χ1n) is 6.05. The number of nitrogens with one attached hydrogen (secondary N) is 1. The van der Waals surface area contributed by atoms with Gasteiger partial charge in [0.15, 0.2) is 0 Å². The lowest BCUT2D eigenvalue weighted by Crippen LogP contribution is -2.39. The van der Waals surface area contributed by atoms with Gasteiger partial charge in [-0.1, -0.05) is 6.92 Å². The largest absolute Gasteiger partial charge is 0.387 e. The first-order valence-corrected chi connectivity index (χ1v) is 7.49. The first-order chi connectivity index (χ1) is 8.71. The summed E-state index contributed by atoms with van der Waals surface area (Å²) in [6, 6.07) is 0. The fourth-order valence-electron chi connectivity index (χ4n) is 1.98. The van der Waals surface area contributed by atoms with E-state index in [1.165, 1.54) is 4.31 Å². The van der Waals surface area contributed by atoms with Gasteiger partial charge in [0.25, 0.3) is 0 Å². The lowest BCUT2D eigenvalue weighted by molar-refractivity contribution is 0.447. The van der Waals surface area contributed by atoms with Crippen molar-refractivity contribution in [2.45, 2.75) is 32.1 Å². The van der Waals surface area contributed by atoms with Crippen molar-refractivity contribution in [1.29, 1.82) is 5.41 Å². The molecule has 0 radical (unpaired) electrons. The molecule has 8 heteroatoms.